The molecule has 1 aliphatic heterocycles. The summed E-state index contributed by atoms with van der Waals surface area (Å²) in [5.74, 6) is -1.10. The third-order valence-electron chi connectivity index (χ3n) is 5.57. The van der Waals surface area contributed by atoms with Gasteiger partial charge in [-0.3, -0.25) is 14.5 Å². The van der Waals surface area contributed by atoms with Crippen molar-refractivity contribution in [2.24, 2.45) is 0 Å². The largest absolute Gasteiger partial charge is 0.376 e. The van der Waals surface area contributed by atoms with E-state index in [4.69, 9.17) is 4.74 Å². The first-order valence-electron chi connectivity index (χ1n) is 10.9. The molecule has 6 nitrogen and oxygen atoms in total. The van der Waals surface area contributed by atoms with Crippen LogP contribution in [0, 0.1) is 19.7 Å². The van der Waals surface area contributed by atoms with Gasteiger partial charge in [-0.25, -0.2) is 9.37 Å². The van der Waals surface area contributed by atoms with Crippen LogP contribution in [0.4, 0.5) is 10.1 Å². The summed E-state index contributed by atoms with van der Waals surface area (Å²) in [7, 11) is 0. The van der Waals surface area contributed by atoms with Crippen LogP contribution in [0.2, 0.25) is 0 Å². The van der Waals surface area contributed by atoms with Gasteiger partial charge in [0.2, 0.25) is 5.91 Å². The van der Waals surface area contributed by atoms with Gasteiger partial charge in [0.1, 0.15) is 16.7 Å². The molecule has 0 bridgehead atoms. The van der Waals surface area contributed by atoms with Crippen LogP contribution in [-0.4, -0.2) is 36.1 Å². The van der Waals surface area contributed by atoms with Crippen LogP contribution in [0.1, 0.15) is 44.8 Å². The van der Waals surface area contributed by atoms with Crippen molar-refractivity contribution in [1.29, 1.82) is 0 Å². The maximum absolute atomic E-state index is 13.8. The van der Waals surface area contributed by atoms with Crippen LogP contribution < -0.4 is 10.2 Å². The van der Waals surface area contributed by atoms with Gasteiger partial charge in [0.05, 0.1) is 16.8 Å². The number of rotatable bonds is 7. The van der Waals surface area contributed by atoms with Crippen LogP contribution >= 0.6 is 11.3 Å². The SMILES string of the molecule is Cc1nc(C)c(C(=O)N(c2ccc(F)cc2)C(C(=O)NCC2CCCO2)c2ccccc2)s1. The fourth-order valence-corrected chi connectivity index (χ4v) is 4.85. The number of carbonyl (C=O) groups excluding carboxylic acids is 2. The molecule has 0 spiro atoms. The monoisotopic (exact) mass is 467 g/mol. The summed E-state index contributed by atoms with van der Waals surface area (Å²) in [6.07, 6.45) is 1.81. The number of nitrogens with zero attached hydrogens (tertiary/aromatic N) is 2. The number of aryl methyl sites for hydroxylation is 2. The van der Waals surface area contributed by atoms with Crippen molar-refractivity contribution in [3.8, 4) is 0 Å². The van der Waals surface area contributed by atoms with Crippen molar-refractivity contribution in [3.05, 3.63) is 81.6 Å². The molecule has 3 aromatic rings. The van der Waals surface area contributed by atoms with Crippen LogP contribution in [0.15, 0.2) is 54.6 Å². The molecule has 1 aromatic heterocycles. The van der Waals surface area contributed by atoms with Crippen LogP contribution in [0.5, 0.6) is 0 Å². The Morgan fingerprint density at radius 3 is 2.52 bits per heavy atom. The first-order chi connectivity index (χ1) is 15.9. The van der Waals surface area contributed by atoms with Gasteiger partial charge in [-0.1, -0.05) is 30.3 Å². The molecule has 1 fully saturated rings. The van der Waals surface area contributed by atoms with E-state index in [0.717, 1.165) is 17.8 Å². The second-order valence-electron chi connectivity index (χ2n) is 7.99. The molecule has 2 aromatic carbocycles. The molecule has 4 rings (SSSR count). The Morgan fingerprint density at radius 1 is 1.18 bits per heavy atom. The Balaban J connectivity index is 1.76. The highest BCUT2D eigenvalue weighted by Gasteiger charge is 2.35. The Hall–Kier alpha value is -3.10. The third kappa shape index (κ3) is 5.29. The highest BCUT2D eigenvalue weighted by Crippen LogP contribution is 2.32. The average molecular weight is 468 g/mol. The number of halogens is 1. The number of carbonyl (C=O) groups is 2. The Labute approximate surface area is 196 Å². The molecule has 2 heterocycles. The first-order valence-corrected chi connectivity index (χ1v) is 11.7. The molecule has 0 aliphatic carbocycles. The maximum atomic E-state index is 13.8. The lowest BCUT2D eigenvalue weighted by Gasteiger charge is -2.31. The highest BCUT2D eigenvalue weighted by molar-refractivity contribution is 7.13. The van der Waals surface area contributed by atoms with Crippen LogP contribution in [0.25, 0.3) is 0 Å². The van der Waals surface area contributed by atoms with E-state index in [0.29, 0.717) is 35.0 Å². The molecule has 1 N–H and O–H groups in total. The molecular weight excluding hydrogens is 441 g/mol. The van der Waals surface area contributed by atoms with Crippen molar-refractivity contribution in [1.82, 2.24) is 10.3 Å². The molecule has 1 aliphatic rings. The van der Waals surface area contributed by atoms with E-state index in [2.05, 4.69) is 10.3 Å². The maximum Gasteiger partial charge on any atom is 0.271 e. The van der Waals surface area contributed by atoms with Crippen molar-refractivity contribution >= 4 is 28.8 Å². The number of amides is 2. The number of ether oxygens (including phenoxy) is 1. The predicted octanol–water partition coefficient (Wildman–Crippen LogP) is 4.58. The molecule has 172 valence electrons. The van der Waals surface area contributed by atoms with Gasteiger partial charge in [0, 0.05) is 18.8 Å². The quantitative estimate of drug-likeness (QED) is 0.552. The Bertz CT molecular complexity index is 1110. The van der Waals surface area contributed by atoms with Gasteiger partial charge in [-0.2, -0.15) is 0 Å². The normalized spacial score (nSPS) is 16.4. The minimum atomic E-state index is -0.952. The minimum Gasteiger partial charge on any atom is -0.376 e. The average Bonchev–Trinajstić information content (AvgIpc) is 3.45. The van der Waals surface area contributed by atoms with Gasteiger partial charge in [0.15, 0.2) is 0 Å². The number of hydrogen-bond acceptors (Lipinski definition) is 5. The predicted molar refractivity (Wildman–Crippen MR) is 126 cm³/mol. The van der Waals surface area contributed by atoms with Crippen LogP contribution in [-0.2, 0) is 9.53 Å². The standard InChI is InChI=1S/C25H26FN3O3S/c1-16-23(33-17(2)28-16)25(31)29(20-12-10-19(26)11-13-20)22(18-7-4-3-5-8-18)24(30)27-15-21-9-6-14-32-21/h3-5,7-8,10-13,21-22H,6,9,14-15H2,1-2H3,(H,27,30). The summed E-state index contributed by atoms with van der Waals surface area (Å²) in [6.45, 7) is 4.66. The summed E-state index contributed by atoms with van der Waals surface area (Å²) in [5.41, 5.74) is 1.67. The summed E-state index contributed by atoms with van der Waals surface area (Å²) in [5, 5.41) is 3.73. The van der Waals surface area contributed by atoms with Gasteiger partial charge >= 0.3 is 0 Å². The molecule has 1 saturated heterocycles. The topological polar surface area (TPSA) is 71.5 Å². The number of benzene rings is 2. The van der Waals surface area contributed by atoms with Crippen LogP contribution in [0.3, 0.4) is 0 Å². The number of thiazole rings is 1. The molecule has 33 heavy (non-hydrogen) atoms. The fourth-order valence-electron chi connectivity index (χ4n) is 3.99. The van der Waals surface area contributed by atoms with Crippen molar-refractivity contribution in [2.75, 3.05) is 18.1 Å². The molecule has 0 saturated carbocycles. The zero-order chi connectivity index (χ0) is 23.4. The molecule has 2 amide bonds. The summed E-state index contributed by atoms with van der Waals surface area (Å²) < 4.78 is 19.4. The number of anilines is 1. The van der Waals surface area contributed by atoms with E-state index in [-0.39, 0.29) is 17.9 Å². The smallest absolute Gasteiger partial charge is 0.271 e. The fraction of sp³-hybridized carbons (Fsp3) is 0.320. The van der Waals surface area contributed by atoms with Gasteiger partial charge in [0.25, 0.3) is 5.91 Å². The Kier molecular flexibility index (Phi) is 7.15. The van der Waals surface area contributed by atoms with E-state index in [1.165, 1.54) is 40.5 Å². The molecule has 8 heteroatoms. The lowest BCUT2D eigenvalue weighted by atomic mass is 10.0. The third-order valence-corrected chi connectivity index (χ3v) is 6.63. The second kappa shape index (κ2) is 10.2. The zero-order valence-corrected chi connectivity index (χ0v) is 19.4. The summed E-state index contributed by atoms with van der Waals surface area (Å²) in [6, 6.07) is 13.8. The van der Waals surface area contributed by atoms with Gasteiger partial charge < -0.3 is 10.1 Å². The highest BCUT2D eigenvalue weighted by atomic mass is 32.1. The zero-order valence-electron chi connectivity index (χ0n) is 18.6. The number of nitrogens with one attached hydrogen (secondary N) is 1. The van der Waals surface area contributed by atoms with E-state index < -0.39 is 11.9 Å². The van der Waals surface area contributed by atoms with E-state index in [1.807, 2.05) is 37.3 Å². The Morgan fingerprint density at radius 2 is 1.91 bits per heavy atom. The molecule has 2 atom stereocenters. The second-order valence-corrected chi connectivity index (χ2v) is 9.20. The van der Waals surface area contributed by atoms with E-state index in [1.54, 1.807) is 6.92 Å². The van der Waals surface area contributed by atoms with E-state index >= 15 is 0 Å². The van der Waals surface area contributed by atoms with E-state index in [9.17, 15) is 14.0 Å². The van der Waals surface area contributed by atoms with Gasteiger partial charge in [-0.15, -0.1) is 11.3 Å². The lowest BCUT2D eigenvalue weighted by molar-refractivity contribution is -0.123. The first kappa shape index (κ1) is 23.1. The summed E-state index contributed by atoms with van der Waals surface area (Å²) in [4.78, 5) is 33.7. The number of hydrogen-bond donors (Lipinski definition) is 1. The van der Waals surface area contributed by atoms with Crippen molar-refractivity contribution in [2.45, 2.75) is 38.8 Å². The van der Waals surface area contributed by atoms with Crippen molar-refractivity contribution < 1.29 is 18.7 Å². The molecule has 2 unspecified atom stereocenters. The van der Waals surface area contributed by atoms with Gasteiger partial charge in [-0.05, 0) is 56.5 Å². The molecule has 0 radical (unpaired) electrons. The lowest BCUT2D eigenvalue weighted by Crippen LogP contribution is -2.45. The minimum absolute atomic E-state index is 0.0354. The van der Waals surface area contributed by atoms with Crippen molar-refractivity contribution in [3.63, 3.8) is 0 Å². The number of aromatic nitrogens is 1. The summed E-state index contributed by atoms with van der Waals surface area (Å²) >= 11 is 1.28. The molecular formula is C25H26FN3O3S.